The molecule has 1 aromatic rings. The van der Waals surface area contributed by atoms with Gasteiger partial charge in [0.15, 0.2) is 0 Å². The summed E-state index contributed by atoms with van der Waals surface area (Å²) >= 11 is 0. The monoisotopic (exact) mass is 242 g/mol. The lowest BCUT2D eigenvalue weighted by Gasteiger charge is -2.36. The van der Waals surface area contributed by atoms with Crippen molar-refractivity contribution in [2.24, 2.45) is 5.41 Å². The van der Waals surface area contributed by atoms with Crippen molar-refractivity contribution in [3.63, 3.8) is 0 Å². The van der Waals surface area contributed by atoms with Crippen LogP contribution in [0.4, 0.5) is 0 Å². The molecular formula is C18H26. The highest BCUT2D eigenvalue weighted by atomic mass is 14.3. The van der Waals surface area contributed by atoms with E-state index >= 15 is 0 Å². The molecule has 2 rings (SSSR count). The molecule has 0 bridgehead atoms. The van der Waals surface area contributed by atoms with Crippen LogP contribution in [0, 0.1) is 5.41 Å². The first-order chi connectivity index (χ1) is 8.79. The van der Waals surface area contributed by atoms with E-state index in [4.69, 9.17) is 0 Å². The van der Waals surface area contributed by atoms with E-state index in [2.05, 4.69) is 50.3 Å². The van der Waals surface area contributed by atoms with Crippen molar-refractivity contribution in [2.45, 2.75) is 58.8 Å². The average Bonchev–Trinajstić information content (AvgIpc) is 2.41. The Kier molecular flexibility index (Phi) is 4.63. The van der Waals surface area contributed by atoms with Crippen LogP contribution in [-0.4, -0.2) is 0 Å². The van der Waals surface area contributed by atoms with Crippen molar-refractivity contribution in [3.8, 4) is 0 Å². The molecule has 1 aromatic carbocycles. The first-order valence-corrected chi connectivity index (χ1v) is 7.54. The molecular weight excluding hydrogens is 216 g/mol. The average molecular weight is 242 g/mol. The second kappa shape index (κ2) is 6.22. The molecule has 1 aliphatic carbocycles. The highest BCUT2D eigenvalue weighted by Gasteiger charge is 2.30. The van der Waals surface area contributed by atoms with Crippen molar-refractivity contribution in [1.82, 2.24) is 0 Å². The summed E-state index contributed by atoms with van der Waals surface area (Å²) in [5.74, 6) is 0. The Morgan fingerprint density at radius 1 is 1.00 bits per heavy atom. The van der Waals surface area contributed by atoms with Crippen LogP contribution in [-0.2, 0) is 0 Å². The van der Waals surface area contributed by atoms with E-state index < -0.39 is 0 Å². The summed E-state index contributed by atoms with van der Waals surface area (Å²) in [6.07, 6.45) is 11.9. The topological polar surface area (TPSA) is 0 Å². The standard InChI is InChI=1S/C18H26/c1-3-12-18(13-4-2)14-10-17(11-15-18)16-8-6-5-7-9-16/h5-10H,3-4,11-15H2,1-2H3. The van der Waals surface area contributed by atoms with Crippen LogP contribution in [0.15, 0.2) is 36.4 Å². The Labute approximate surface area is 112 Å². The summed E-state index contributed by atoms with van der Waals surface area (Å²) in [4.78, 5) is 0. The lowest BCUT2D eigenvalue weighted by atomic mass is 9.69. The Bertz CT molecular complexity index is 380. The molecule has 1 aliphatic rings. The molecule has 0 atom stereocenters. The van der Waals surface area contributed by atoms with Crippen molar-refractivity contribution < 1.29 is 0 Å². The van der Waals surface area contributed by atoms with Gasteiger partial charge in [0.05, 0.1) is 0 Å². The maximum atomic E-state index is 2.52. The Hall–Kier alpha value is -1.04. The molecule has 98 valence electrons. The van der Waals surface area contributed by atoms with Crippen LogP contribution in [0.2, 0.25) is 0 Å². The van der Waals surface area contributed by atoms with Crippen molar-refractivity contribution in [2.75, 3.05) is 0 Å². The third-order valence-electron chi connectivity index (χ3n) is 4.41. The molecule has 0 aliphatic heterocycles. The lowest BCUT2D eigenvalue weighted by molar-refractivity contribution is 0.213. The maximum absolute atomic E-state index is 2.52. The predicted molar refractivity (Wildman–Crippen MR) is 80.5 cm³/mol. The summed E-state index contributed by atoms with van der Waals surface area (Å²) < 4.78 is 0. The van der Waals surface area contributed by atoms with Crippen molar-refractivity contribution in [3.05, 3.63) is 42.0 Å². The molecule has 0 fully saturated rings. The van der Waals surface area contributed by atoms with Gasteiger partial charge in [0, 0.05) is 0 Å². The molecule has 18 heavy (non-hydrogen) atoms. The van der Waals surface area contributed by atoms with Gasteiger partial charge in [-0.2, -0.15) is 0 Å². The smallest absolute Gasteiger partial charge is 0.0228 e. The van der Waals surface area contributed by atoms with Crippen LogP contribution in [0.25, 0.3) is 5.57 Å². The van der Waals surface area contributed by atoms with Crippen LogP contribution >= 0.6 is 0 Å². The van der Waals surface area contributed by atoms with E-state index in [0.717, 1.165) is 0 Å². The minimum atomic E-state index is 0.613. The maximum Gasteiger partial charge on any atom is -0.0228 e. The largest absolute Gasteiger partial charge is 0.0802 e. The van der Waals surface area contributed by atoms with Crippen LogP contribution < -0.4 is 0 Å². The first kappa shape index (κ1) is 13.4. The van der Waals surface area contributed by atoms with E-state index in [1.807, 2.05) is 0 Å². The zero-order valence-electron chi connectivity index (χ0n) is 11.9. The minimum Gasteiger partial charge on any atom is -0.0802 e. The van der Waals surface area contributed by atoms with Gasteiger partial charge >= 0.3 is 0 Å². The van der Waals surface area contributed by atoms with E-state index in [0.29, 0.717) is 5.41 Å². The fourth-order valence-electron chi connectivity index (χ4n) is 3.50. The molecule has 0 heteroatoms. The fraction of sp³-hybridized carbons (Fsp3) is 0.556. The van der Waals surface area contributed by atoms with Crippen LogP contribution in [0.5, 0.6) is 0 Å². The van der Waals surface area contributed by atoms with Crippen molar-refractivity contribution in [1.29, 1.82) is 0 Å². The minimum absolute atomic E-state index is 0.613. The number of allylic oxidation sites excluding steroid dienone is 2. The van der Waals surface area contributed by atoms with Crippen molar-refractivity contribution >= 4 is 5.57 Å². The SMILES string of the molecule is CCCC1(CCC)CC=C(c2ccccc2)CC1. The summed E-state index contributed by atoms with van der Waals surface area (Å²) in [6.45, 7) is 4.65. The lowest BCUT2D eigenvalue weighted by Crippen LogP contribution is -2.22. The number of rotatable bonds is 5. The number of benzene rings is 1. The number of hydrogen-bond acceptors (Lipinski definition) is 0. The molecule has 0 radical (unpaired) electrons. The summed E-state index contributed by atoms with van der Waals surface area (Å²) in [5.41, 5.74) is 3.61. The van der Waals surface area contributed by atoms with Gasteiger partial charge in [0.25, 0.3) is 0 Å². The van der Waals surface area contributed by atoms with Gasteiger partial charge in [-0.3, -0.25) is 0 Å². The quantitative estimate of drug-likeness (QED) is 0.608. The van der Waals surface area contributed by atoms with Gasteiger partial charge in [0.2, 0.25) is 0 Å². The zero-order valence-corrected chi connectivity index (χ0v) is 11.9. The first-order valence-electron chi connectivity index (χ1n) is 7.54. The molecule has 0 heterocycles. The normalized spacial score (nSPS) is 18.4. The molecule has 0 nitrogen and oxygen atoms in total. The van der Waals surface area contributed by atoms with E-state index in [1.165, 1.54) is 50.5 Å². The van der Waals surface area contributed by atoms with Gasteiger partial charge < -0.3 is 0 Å². The molecule has 0 spiro atoms. The Balaban J connectivity index is 2.10. The number of hydrogen-bond donors (Lipinski definition) is 0. The molecule has 0 saturated carbocycles. The summed E-state index contributed by atoms with van der Waals surface area (Å²) in [7, 11) is 0. The van der Waals surface area contributed by atoms with Gasteiger partial charge in [-0.15, -0.1) is 0 Å². The highest BCUT2D eigenvalue weighted by molar-refractivity contribution is 5.66. The third-order valence-corrected chi connectivity index (χ3v) is 4.41. The third kappa shape index (κ3) is 3.04. The fourth-order valence-corrected chi connectivity index (χ4v) is 3.50. The summed E-state index contributed by atoms with van der Waals surface area (Å²) in [6, 6.07) is 10.9. The molecule has 0 saturated heterocycles. The van der Waals surface area contributed by atoms with Gasteiger partial charge in [-0.25, -0.2) is 0 Å². The molecule has 0 unspecified atom stereocenters. The zero-order chi connectivity index (χ0) is 12.8. The highest BCUT2D eigenvalue weighted by Crippen LogP contribution is 2.45. The van der Waals surface area contributed by atoms with E-state index in [1.54, 1.807) is 5.57 Å². The second-order valence-corrected chi connectivity index (χ2v) is 5.80. The van der Waals surface area contributed by atoms with E-state index in [-0.39, 0.29) is 0 Å². The van der Waals surface area contributed by atoms with Gasteiger partial charge in [-0.1, -0.05) is 63.1 Å². The molecule has 0 N–H and O–H groups in total. The van der Waals surface area contributed by atoms with Crippen LogP contribution in [0.1, 0.15) is 64.4 Å². The predicted octanol–water partition coefficient (Wildman–Crippen LogP) is 5.84. The second-order valence-electron chi connectivity index (χ2n) is 5.80. The Morgan fingerprint density at radius 3 is 2.17 bits per heavy atom. The van der Waals surface area contributed by atoms with Gasteiger partial charge in [-0.05, 0) is 48.7 Å². The summed E-state index contributed by atoms with van der Waals surface area (Å²) in [5, 5.41) is 0. The molecule has 0 aromatic heterocycles. The van der Waals surface area contributed by atoms with E-state index in [9.17, 15) is 0 Å². The van der Waals surface area contributed by atoms with Crippen LogP contribution in [0.3, 0.4) is 0 Å². The Morgan fingerprint density at radius 2 is 1.67 bits per heavy atom. The molecule has 0 amide bonds. The van der Waals surface area contributed by atoms with Gasteiger partial charge in [0.1, 0.15) is 0 Å².